The summed E-state index contributed by atoms with van der Waals surface area (Å²) in [5.74, 6) is 1.20. The van der Waals surface area contributed by atoms with E-state index in [-0.39, 0.29) is 11.7 Å². The van der Waals surface area contributed by atoms with Crippen LogP contribution in [0.3, 0.4) is 0 Å². The van der Waals surface area contributed by atoms with Gasteiger partial charge in [0.2, 0.25) is 5.91 Å². The molecule has 2 saturated heterocycles. The van der Waals surface area contributed by atoms with Gasteiger partial charge in [0, 0.05) is 37.3 Å². The Kier molecular flexibility index (Phi) is 6.25. The molecular formula is C22H27N5O3. The lowest BCUT2D eigenvalue weighted by molar-refractivity contribution is -0.115. The Labute approximate surface area is 175 Å². The number of rotatable bonds is 6. The fraction of sp³-hybridized carbons (Fsp3) is 0.409. The maximum Gasteiger partial charge on any atom is 0.243 e. The fourth-order valence-corrected chi connectivity index (χ4v) is 4.07. The molecule has 2 atom stereocenters. The number of ether oxygens (including phenoxy) is 1. The highest BCUT2D eigenvalue weighted by molar-refractivity contribution is 5.91. The normalized spacial score (nSPS) is 23.3. The Bertz CT molecular complexity index is 903. The number of hydrogen-bond donors (Lipinski definition) is 4. The van der Waals surface area contributed by atoms with Crippen LogP contribution >= 0.6 is 0 Å². The van der Waals surface area contributed by atoms with Crippen molar-refractivity contribution in [2.24, 2.45) is 5.92 Å². The molecule has 1 amide bonds. The van der Waals surface area contributed by atoms with Crippen molar-refractivity contribution >= 4 is 17.8 Å². The van der Waals surface area contributed by atoms with E-state index in [1.54, 1.807) is 25.3 Å². The monoisotopic (exact) mass is 409 g/mol. The van der Waals surface area contributed by atoms with Crippen molar-refractivity contribution in [2.45, 2.75) is 24.9 Å². The van der Waals surface area contributed by atoms with E-state index < -0.39 is 0 Å². The maximum atomic E-state index is 11.3. The van der Waals surface area contributed by atoms with Crippen molar-refractivity contribution in [3.8, 4) is 17.0 Å². The van der Waals surface area contributed by atoms with Crippen LogP contribution in [-0.2, 0) is 9.53 Å². The molecule has 3 heterocycles. The number of phenolic OH excluding ortho intramolecular Hbond substituents is 1. The van der Waals surface area contributed by atoms with Gasteiger partial charge in [-0.25, -0.2) is 0 Å². The lowest BCUT2D eigenvalue weighted by Gasteiger charge is -2.40. The van der Waals surface area contributed by atoms with E-state index >= 15 is 0 Å². The predicted molar refractivity (Wildman–Crippen MR) is 115 cm³/mol. The SMILES string of the molecule is CNC(=O)/C=C/c1ccc(-c2ccc(NCC3CC4COCC(C3)N4)nn2)c(O)c1. The molecule has 4 rings (SSSR count). The standard InChI is InChI=1S/C22H27N5O3/c1-23-22(29)7-3-14-2-4-18(20(28)10-14)19-5-6-21(27-26-19)24-11-15-8-16-12-30-13-17(9-15)25-16/h2-7,10,15-17,25,28H,8-9,11-13H2,1H3,(H,23,29)(H,24,27)/b7-3+. The van der Waals surface area contributed by atoms with Crippen LogP contribution in [0.15, 0.2) is 36.4 Å². The Morgan fingerprint density at radius 3 is 2.70 bits per heavy atom. The van der Waals surface area contributed by atoms with E-state index in [0.717, 1.165) is 44.0 Å². The van der Waals surface area contributed by atoms with Crippen LogP contribution in [0.2, 0.25) is 0 Å². The van der Waals surface area contributed by atoms with E-state index in [4.69, 9.17) is 4.74 Å². The zero-order chi connectivity index (χ0) is 20.9. The van der Waals surface area contributed by atoms with Gasteiger partial charge in [-0.2, -0.15) is 0 Å². The van der Waals surface area contributed by atoms with Gasteiger partial charge >= 0.3 is 0 Å². The molecule has 30 heavy (non-hydrogen) atoms. The van der Waals surface area contributed by atoms with Gasteiger partial charge in [-0.15, -0.1) is 10.2 Å². The molecule has 0 saturated carbocycles. The van der Waals surface area contributed by atoms with Crippen LogP contribution in [0.5, 0.6) is 5.75 Å². The zero-order valence-corrected chi connectivity index (χ0v) is 17.0. The number of aromatic hydroxyl groups is 1. The van der Waals surface area contributed by atoms with Gasteiger partial charge in [-0.1, -0.05) is 6.07 Å². The van der Waals surface area contributed by atoms with E-state index in [2.05, 4.69) is 26.1 Å². The predicted octanol–water partition coefficient (Wildman–Crippen LogP) is 1.79. The molecule has 158 valence electrons. The molecule has 0 radical (unpaired) electrons. The number of hydrogen-bond acceptors (Lipinski definition) is 7. The first-order valence-corrected chi connectivity index (χ1v) is 10.3. The van der Waals surface area contributed by atoms with Crippen molar-refractivity contribution in [3.63, 3.8) is 0 Å². The first kappa shape index (κ1) is 20.3. The summed E-state index contributed by atoms with van der Waals surface area (Å²) in [4.78, 5) is 11.3. The highest BCUT2D eigenvalue weighted by atomic mass is 16.5. The minimum absolute atomic E-state index is 0.0903. The molecule has 2 unspecified atom stereocenters. The number of carbonyl (C=O) groups is 1. The number of nitrogens with one attached hydrogen (secondary N) is 3. The van der Waals surface area contributed by atoms with Gasteiger partial charge in [0.15, 0.2) is 0 Å². The van der Waals surface area contributed by atoms with Crippen molar-refractivity contribution < 1.29 is 14.6 Å². The molecule has 2 aliphatic heterocycles. The van der Waals surface area contributed by atoms with Crippen LogP contribution in [0.1, 0.15) is 18.4 Å². The third-order valence-corrected chi connectivity index (χ3v) is 5.55. The second-order valence-electron chi connectivity index (χ2n) is 7.84. The van der Waals surface area contributed by atoms with Crippen molar-refractivity contribution in [2.75, 3.05) is 32.1 Å². The highest BCUT2D eigenvalue weighted by Crippen LogP contribution is 2.29. The number of nitrogens with zero attached hydrogens (tertiary/aromatic N) is 2. The summed E-state index contributed by atoms with van der Waals surface area (Å²) in [5.41, 5.74) is 1.91. The lowest BCUT2D eigenvalue weighted by atomic mass is 9.87. The fourth-order valence-electron chi connectivity index (χ4n) is 4.07. The van der Waals surface area contributed by atoms with Crippen molar-refractivity contribution in [1.82, 2.24) is 20.8 Å². The third kappa shape index (κ3) is 4.95. The summed E-state index contributed by atoms with van der Waals surface area (Å²) in [5, 5.41) is 28.4. The van der Waals surface area contributed by atoms with E-state index in [1.807, 2.05) is 18.2 Å². The molecular weight excluding hydrogens is 382 g/mol. The summed E-state index contributed by atoms with van der Waals surface area (Å²) in [6.07, 6.45) is 5.26. The molecule has 0 aliphatic carbocycles. The van der Waals surface area contributed by atoms with Crippen LogP contribution in [0, 0.1) is 5.92 Å². The summed E-state index contributed by atoms with van der Waals surface area (Å²) < 4.78 is 5.60. The Hall–Kier alpha value is -2.97. The summed E-state index contributed by atoms with van der Waals surface area (Å²) in [6.45, 7) is 2.46. The van der Waals surface area contributed by atoms with Gasteiger partial charge in [-0.3, -0.25) is 4.79 Å². The molecule has 2 aromatic rings. The van der Waals surface area contributed by atoms with Crippen molar-refractivity contribution in [1.29, 1.82) is 0 Å². The topological polar surface area (TPSA) is 108 Å². The minimum atomic E-state index is -0.200. The van der Waals surface area contributed by atoms with E-state index in [9.17, 15) is 9.90 Å². The third-order valence-electron chi connectivity index (χ3n) is 5.55. The van der Waals surface area contributed by atoms with Gasteiger partial charge in [0.1, 0.15) is 11.6 Å². The molecule has 8 heteroatoms. The molecule has 2 fully saturated rings. The van der Waals surface area contributed by atoms with Gasteiger partial charge in [0.25, 0.3) is 0 Å². The number of anilines is 1. The highest BCUT2D eigenvalue weighted by Gasteiger charge is 2.31. The van der Waals surface area contributed by atoms with Gasteiger partial charge in [-0.05, 0) is 54.7 Å². The number of amides is 1. The molecule has 8 nitrogen and oxygen atoms in total. The van der Waals surface area contributed by atoms with Crippen LogP contribution in [0.4, 0.5) is 5.82 Å². The lowest BCUT2D eigenvalue weighted by Crippen LogP contribution is -2.54. The molecule has 1 aromatic heterocycles. The Morgan fingerprint density at radius 2 is 2.03 bits per heavy atom. The first-order chi connectivity index (χ1) is 14.6. The second kappa shape index (κ2) is 9.23. The largest absolute Gasteiger partial charge is 0.507 e. The molecule has 4 N–H and O–H groups in total. The Balaban J connectivity index is 1.36. The number of fused-ring (bicyclic) bond motifs is 2. The smallest absolute Gasteiger partial charge is 0.243 e. The summed E-state index contributed by atoms with van der Waals surface area (Å²) in [7, 11) is 1.57. The number of likely N-dealkylation sites (N-methyl/N-ethyl adjacent to an activating group) is 1. The van der Waals surface area contributed by atoms with Crippen LogP contribution < -0.4 is 16.0 Å². The minimum Gasteiger partial charge on any atom is -0.507 e. The maximum absolute atomic E-state index is 11.3. The van der Waals surface area contributed by atoms with E-state index in [1.165, 1.54) is 6.08 Å². The molecule has 2 bridgehead atoms. The second-order valence-corrected chi connectivity index (χ2v) is 7.84. The number of carbonyl (C=O) groups excluding carboxylic acids is 1. The Morgan fingerprint density at radius 1 is 1.23 bits per heavy atom. The molecule has 2 aliphatic rings. The zero-order valence-electron chi connectivity index (χ0n) is 17.0. The molecule has 0 spiro atoms. The quantitative estimate of drug-likeness (QED) is 0.539. The number of piperidine rings is 1. The summed E-state index contributed by atoms with van der Waals surface area (Å²) in [6, 6.07) is 9.82. The molecule has 1 aromatic carbocycles. The first-order valence-electron chi connectivity index (χ1n) is 10.3. The number of benzene rings is 1. The average Bonchev–Trinajstić information content (AvgIpc) is 2.76. The van der Waals surface area contributed by atoms with Crippen LogP contribution in [0.25, 0.3) is 17.3 Å². The van der Waals surface area contributed by atoms with Crippen LogP contribution in [-0.4, -0.2) is 60.1 Å². The summed E-state index contributed by atoms with van der Waals surface area (Å²) >= 11 is 0. The average molecular weight is 409 g/mol. The van der Waals surface area contributed by atoms with Gasteiger partial charge < -0.3 is 25.8 Å². The number of morpholine rings is 1. The van der Waals surface area contributed by atoms with E-state index in [0.29, 0.717) is 29.3 Å². The van der Waals surface area contributed by atoms with Crippen molar-refractivity contribution in [3.05, 3.63) is 42.0 Å². The van der Waals surface area contributed by atoms with Gasteiger partial charge in [0.05, 0.1) is 18.9 Å². The number of phenols is 1. The number of aromatic nitrogens is 2.